The summed E-state index contributed by atoms with van der Waals surface area (Å²) in [6.45, 7) is 0. The van der Waals surface area contributed by atoms with Gasteiger partial charge in [-0.15, -0.1) is 0 Å². The van der Waals surface area contributed by atoms with Crippen LogP contribution in [0.3, 0.4) is 0 Å². The van der Waals surface area contributed by atoms with E-state index < -0.39 is 11.9 Å². The Morgan fingerprint density at radius 2 is 2.39 bits per heavy atom. The highest BCUT2D eigenvalue weighted by atomic mass is 32.2. The van der Waals surface area contributed by atoms with Gasteiger partial charge in [0.1, 0.15) is 12.0 Å². The predicted octanol–water partition coefficient (Wildman–Crippen LogP) is 0.0657. The number of imidazole rings is 1. The number of rotatable bonds is 6. The summed E-state index contributed by atoms with van der Waals surface area (Å²) in [7, 11) is 1.81. The summed E-state index contributed by atoms with van der Waals surface area (Å²) in [4.78, 5) is 40.8. The SMILES string of the molecule is Cn1ccnc1SCC(=O)ONC(=O)CCC=O. The molecule has 1 aromatic heterocycles. The molecule has 0 aliphatic heterocycles. The number of nitrogens with zero attached hydrogens (tertiary/aromatic N) is 2. The van der Waals surface area contributed by atoms with Crippen molar-refractivity contribution in [1.29, 1.82) is 0 Å². The normalized spacial score (nSPS) is 9.83. The van der Waals surface area contributed by atoms with Gasteiger partial charge >= 0.3 is 5.97 Å². The molecule has 1 N–H and O–H groups in total. The minimum absolute atomic E-state index is 0.00326. The molecule has 98 valence electrons. The zero-order valence-electron chi connectivity index (χ0n) is 9.79. The summed E-state index contributed by atoms with van der Waals surface area (Å²) in [5.41, 5.74) is 1.97. The van der Waals surface area contributed by atoms with Gasteiger partial charge in [0.05, 0.1) is 0 Å². The summed E-state index contributed by atoms with van der Waals surface area (Å²) in [5, 5.41) is 0.680. The van der Waals surface area contributed by atoms with Crippen LogP contribution in [0, 0.1) is 0 Å². The van der Waals surface area contributed by atoms with Gasteiger partial charge in [0.25, 0.3) is 5.91 Å². The first kappa shape index (κ1) is 14.2. The third-order valence-corrected chi connectivity index (χ3v) is 2.90. The molecule has 1 amide bonds. The van der Waals surface area contributed by atoms with Crippen molar-refractivity contribution in [2.24, 2.45) is 7.05 Å². The molecule has 0 unspecified atom stereocenters. The lowest BCUT2D eigenvalue weighted by molar-refractivity contribution is -0.155. The van der Waals surface area contributed by atoms with Crippen molar-refractivity contribution in [2.45, 2.75) is 18.0 Å². The molecule has 8 heteroatoms. The average Bonchev–Trinajstić information content (AvgIpc) is 2.77. The highest BCUT2D eigenvalue weighted by molar-refractivity contribution is 7.99. The Bertz CT molecular complexity index is 433. The van der Waals surface area contributed by atoms with Gasteiger partial charge in [0.2, 0.25) is 0 Å². The van der Waals surface area contributed by atoms with Gasteiger partial charge in [0.15, 0.2) is 5.16 Å². The van der Waals surface area contributed by atoms with Crippen LogP contribution >= 0.6 is 11.8 Å². The number of hydrogen-bond acceptors (Lipinski definition) is 6. The lowest BCUT2D eigenvalue weighted by Crippen LogP contribution is -2.27. The number of hydrogen-bond donors (Lipinski definition) is 1. The molecule has 0 aliphatic rings. The fourth-order valence-electron chi connectivity index (χ4n) is 0.999. The second-order valence-corrected chi connectivity index (χ2v) is 4.26. The van der Waals surface area contributed by atoms with Gasteiger partial charge in [0, 0.05) is 32.3 Å². The van der Waals surface area contributed by atoms with Crippen molar-refractivity contribution < 1.29 is 19.2 Å². The van der Waals surface area contributed by atoms with E-state index in [4.69, 9.17) is 0 Å². The van der Waals surface area contributed by atoms with E-state index in [2.05, 4.69) is 9.82 Å². The fraction of sp³-hybridized carbons (Fsp3) is 0.400. The van der Waals surface area contributed by atoms with E-state index in [0.717, 1.165) is 0 Å². The van der Waals surface area contributed by atoms with Crippen LogP contribution in [0.1, 0.15) is 12.8 Å². The maximum absolute atomic E-state index is 11.3. The van der Waals surface area contributed by atoms with Crippen LogP contribution in [0.15, 0.2) is 17.6 Å². The van der Waals surface area contributed by atoms with E-state index in [1.807, 2.05) is 12.5 Å². The Labute approximate surface area is 108 Å². The molecule has 0 atom stereocenters. The molecule has 0 saturated carbocycles. The molecule has 0 bridgehead atoms. The number of carbonyl (C=O) groups is 3. The van der Waals surface area contributed by atoms with Gasteiger partial charge in [-0.2, -0.15) is 5.48 Å². The number of aromatic nitrogens is 2. The first-order valence-electron chi connectivity index (χ1n) is 5.15. The van der Waals surface area contributed by atoms with Crippen LogP contribution in [-0.4, -0.2) is 33.5 Å². The number of aldehydes is 1. The van der Waals surface area contributed by atoms with Crippen molar-refractivity contribution in [1.82, 2.24) is 15.0 Å². The van der Waals surface area contributed by atoms with Crippen LogP contribution < -0.4 is 5.48 Å². The molecule has 1 heterocycles. The number of thioether (sulfide) groups is 1. The standard InChI is InChI=1S/C10H13N3O4S/c1-13-5-4-11-10(13)18-7-9(16)17-12-8(15)3-2-6-14/h4-6H,2-3,7H2,1H3,(H,12,15). The van der Waals surface area contributed by atoms with E-state index >= 15 is 0 Å². The molecule has 0 saturated heterocycles. The number of aryl methyl sites for hydroxylation is 1. The maximum atomic E-state index is 11.3. The largest absolute Gasteiger partial charge is 0.342 e. The summed E-state index contributed by atoms with van der Waals surface area (Å²) in [5.74, 6) is -1.04. The summed E-state index contributed by atoms with van der Waals surface area (Å²) in [6.07, 6.45) is 4.11. The van der Waals surface area contributed by atoms with Gasteiger partial charge in [-0.3, -0.25) is 4.79 Å². The number of amides is 1. The summed E-state index contributed by atoms with van der Waals surface area (Å²) < 4.78 is 1.76. The summed E-state index contributed by atoms with van der Waals surface area (Å²) >= 11 is 1.20. The number of nitrogens with one attached hydrogen (secondary N) is 1. The Kier molecular flexibility index (Phi) is 5.92. The first-order chi connectivity index (χ1) is 8.63. The molecule has 0 aliphatic carbocycles. The molecule has 0 aromatic carbocycles. The molecular weight excluding hydrogens is 258 g/mol. The zero-order valence-corrected chi connectivity index (χ0v) is 10.6. The van der Waals surface area contributed by atoms with Crippen molar-refractivity contribution in [3.8, 4) is 0 Å². The van der Waals surface area contributed by atoms with E-state index in [0.29, 0.717) is 11.4 Å². The quantitative estimate of drug-likeness (QED) is 0.447. The minimum atomic E-state index is -0.581. The second-order valence-electron chi connectivity index (χ2n) is 3.31. The van der Waals surface area contributed by atoms with Crippen LogP contribution in [0.25, 0.3) is 0 Å². The van der Waals surface area contributed by atoms with Crippen molar-refractivity contribution in [3.63, 3.8) is 0 Å². The molecule has 0 fully saturated rings. The van der Waals surface area contributed by atoms with Crippen LogP contribution in [-0.2, 0) is 26.3 Å². The van der Waals surface area contributed by atoms with E-state index in [-0.39, 0.29) is 18.6 Å². The molecular formula is C10H13N3O4S. The fourth-order valence-corrected chi connectivity index (χ4v) is 1.70. The topological polar surface area (TPSA) is 90.3 Å². The van der Waals surface area contributed by atoms with Crippen LogP contribution in [0.5, 0.6) is 0 Å². The Balaban J connectivity index is 2.20. The molecule has 0 radical (unpaired) electrons. The van der Waals surface area contributed by atoms with Crippen molar-refractivity contribution in [3.05, 3.63) is 12.4 Å². The molecule has 1 aromatic rings. The molecule has 18 heavy (non-hydrogen) atoms. The van der Waals surface area contributed by atoms with Crippen LogP contribution in [0.2, 0.25) is 0 Å². The molecule has 7 nitrogen and oxygen atoms in total. The smallest absolute Gasteiger partial charge is 0.340 e. The van der Waals surface area contributed by atoms with E-state index in [1.165, 1.54) is 11.8 Å². The Hall–Kier alpha value is -1.83. The number of carbonyl (C=O) groups excluding carboxylic acids is 3. The first-order valence-corrected chi connectivity index (χ1v) is 6.14. The zero-order chi connectivity index (χ0) is 13.4. The monoisotopic (exact) mass is 271 g/mol. The van der Waals surface area contributed by atoms with Crippen LogP contribution in [0.4, 0.5) is 0 Å². The lowest BCUT2D eigenvalue weighted by Gasteiger charge is -2.04. The average molecular weight is 271 g/mol. The maximum Gasteiger partial charge on any atom is 0.342 e. The van der Waals surface area contributed by atoms with E-state index in [9.17, 15) is 14.4 Å². The molecule has 0 spiro atoms. The Morgan fingerprint density at radius 1 is 1.61 bits per heavy atom. The minimum Gasteiger partial charge on any atom is -0.340 e. The summed E-state index contributed by atoms with van der Waals surface area (Å²) in [6, 6.07) is 0. The van der Waals surface area contributed by atoms with Gasteiger partial charge < -0.3 is 14.2 Å². The molecule has 1 rings (SSSR count). The number of hydroxylamine groups is 1. The second kappa shape index (κ2) is 7.49. The van der Waals surface area contributed by atoms with Gasteiger partial charge in [-0.25, -0.2) is 9.78 Å². The Morgan fingerprint density at radius 3 is 3.00 bits per heavy atom. The highest BCUT2D eigenvalue weighted by Crippen LogP contribution is 2.13. The van der Waals surface area contributed by atoms with Gasteiger partial charge in [-0.1, -0.05) is 11.8 Å². The van der Waals surface area contributed by atoms with Gasteiger partial charge in [-0.05, 0) is 0 Å². The third kappa shape index (κ3) is 5.00. The van der Waals surface area contributed by atoms with Crippen molar-refractivity contribution >= 4 is 29.9 Å². The predicted molar refractivity (Wildman–Crippen MR) is 63.5 cm³/mol. The lowest BCUT2D eigenvalue weighted by atomic mass is 10.3. The highest BCUT2D eigenvalue weighted by Gasteiger charge is 2.09. The third-order valence-electron chi connectivity index (χ3n) is 1.86. The van der Waals surface area contributed by atoms with Crippen molar-refractivity contribution in [2.75, 3.05) is 5.75 Å². The van der Waals surface area contributed by atoms with E-state index in [1.54, 1.807) is 17.0 Å².